The molecular weight excluding hydrogens is 384 g/mol. The van der Waals surface area contributed by atoms with Gasteiger partial charge in [0, 0.05) is 18.9 Å². The van der Waals surface area contributed by atoms with E-state index in [2.05, 4.69) is 15.0 Å². The van der Waals surface area contributed by atoms with Crippen LogP contribution in [0.2, 0.25) is 0 Å². The van der Waals surface area contributed by atoms with Crippen LogP contribution >= 0.6 is 0 Å². The molecule has 2 heterocycles. The highest BCUT2D eigenvalue weighted by Crippen LogP contribution is 2.23. The highest BCUT2D eigenvalue weighted by atomic mass is 32.2. The third kappa shape index (κ3) is 5.16. The molecule has 152 valence electrons. The Balaban J connectivity index is 1.56. The molecule has 1 amide bonds. The van der Waals surface area contributed by atoms with E-state index in [1.807, 2.05) is 18.2 Å². The number of imidazole rings is 1. The maximum Gasteiger partial charge on any atom is 0.259 e. The van der Waals surface area contributed by atoms with Crippen molar-refractivity contribution in [2.24, 2.45) is 7.05 Å². The summed E-state index contributed by atoms with van der Waals surface area (Å²) in [6.45, 7) is -0.355. The highest BCUT2D eigenvalue weighted by molar-refractivity contribution is 7.89. The Labute approximate surface area is 163 Å². The van der Waals surface area contributed by atoms with Crippen molar-refractivity contribution in [1.82, 2.24) is 14.3 Å². The Morgan fingerprint density at radius 3 is 2.71 bits per heavy atom. The smallest absolute Gasteiger partial charge is 0.259 e. The van der Waals surface area contributed by atoms with Gasteiger partial charge in [-0.1, -0.05) is 18.2 Å². The quantitative estimate of drug-likeness (QED) is 0.618. The van der Waals surface area contributed by atoms with Gasteiger partial charge in [0.1, 0.15) is 0 Å². The van der Waals surface area contributed by atoms with Gasteiger partial charge < -0.3 is 19.7 Å². The summed E-state index contributed by atoms with van der Waals surface area (Å²) in [6, 6.07) is 8.50. The van der Waals surface area contributed by atoms with Crippen LogP contribution in [0.5, 0.6) is 0 Å². The lowest BCUT2D eigenvalue weighted by Crippen LogP contribution is -2.51. The molecule has 0 saturated carbocycles. The minimum atomic E-state index is -3.82. The molecule has 0 spiro atoms. The zero-order valence-electron chi connectivity index (χ0n) is 15.5. The van der Waals surface area contributed by atoms with E-state index in [4.69, 9.17) is 4.74 Å². The molecule has 1 aromatic carbocycles. The fraction of sp³-hybridized carbons (Fsp3) is 0.444. The van der Waals surface area contributed by atoms with Gasteiger partial charge in [-0.2, -0.15) is 0 Å². The molecule has 2 aromatic rings. The van der Waals surface area contributed by atoms with Crippen LogP contribution in [0.3, 0.4) is 0 Å². The first-order chi connectivity index (χ1) is 13.4. The zero-order valence-corrected chi connectivity index (χ0v) is 16.3. The molecule has 0 bridgehead atoms. The molecule has 1 aliphatic heterocycles. The average Bonchev–Trinajstić information content (AvgIpc) is 3.11. The Bertz CT molecular complexity index is 900. The van der Waals surface area contributed by atoms with Gasteiger partial charge in [0.25, 0.3) is 10.0 Å². The van der Waals surface area contributed by atoms with Crippen molar-refractivity contribution in [2.75, 3.05) is 11.9 Å². The van der Waals surface area contributed by atoms with Crippen molar-refractivity contribution in [2.45, 2.75) is 42.5 Å². The van der Waals surface area contributed by atoms with Crippen molar-refractivity contribution < 1.29 is 23.1 Å². The van der Waals surface area contributed by atoms with Crippen LogP contribution in [0.1, 0.15) is 19.3 Å². The summed E-state index contributed by atoms with van der Waals surface area (Å²) >= 11 is 0. The molecule has 1 aliphatic rings. The summed E-state index contributed by atoms with van der Waals surface area (Å²) in [5, 5.41) is 12.3. The number of carbonyl (C=O) groups is 1. The predicted octanol–water partition coefficient (Wildman–Crippen LogP) is 0.636. The number of rotatable bonds is 7. The Kier molecular flexibility index (Phi) is 6.45. The molecule has 28 heavy (non-hydrogen) atoms. The van der Waals surface area contributed by atoms with Crippen LogP contribution in [0.25, 0.3) is 0 Å². The average molecular weight is 408 g/mol. The van der Waals surface area contributed by atoms with E-state index in [0.717, 1.165) is 0 Å². The largest absolute Gasteiger partial charge is 0.394 e. The zero-order chi connectivity index (χ0) is 20.1. The second-order valence-corrected chi connectivity index (χ2v) is 8.44. The number of hydrogen-bond acceptors (Lipinski definition) is 6. The number of sulfonamides is 1. The number of amides is 1. The number of nitrogens with one attached hydrogen (secondary N) is 2. The molecule has 0 unspecified atom stereocenters. The van der Waals surface area contributed by atoms with E-state index in [-0.39, 0.29) is 24.0 Å². The molecule has 1 fully saturated rings. The predicted molar refractivity (Wildman–Crippen MR) is 102 cm³/mol. The number of aromatic nitrogens is 2. The monoisotopic (exact) mass is 408 g/mol. The molecule has 3 atom stereocenters. The lowest BCUT2D eigenvalue weighted by Gasteiger charge is -2.35. The van der Waals surface area contributed by atoms with Crippen LogP contribution in [-0.2, 0) is 26.6 Å². The number of hydrogen-bond donors (Lipinski definition) is 3. The summed E-state index contributed by atoms with van der Waals surface area (Å²) in [4.78, 5) is 16.1. The molecule has 1 saturated heterocycles. The van der Waals surface area contributed by atoms with Crippen molar-refractivity contribution in [3.8, 4) is 0 Å². The van der Waals surface area contributed by atoms with Crippen LogP contribution in [0, 0.1) is 0 Å². The minimum absolute atomic E-state index is 0.0870. The molecular formula is C18H24N4O5S. The van der Waals surface area contributed by atoms with Gasteiger partial charge >= 0.3 is 0 Å². The van der Waals surface area contributed by atoms with E-state index in [1.165, 1.54) is 17.1 Å². The number of nitrogens with zero attached hydrogens (tertiary/aromatic N) is 2. The lowest BCUT2D eigenvalue weighted by atomic mass is 9.98. The van der Waals surface area contributed by atoms with Crippen LogP contribution in [0.4, 0.5) is 5.69 Å². The highest BCUT2D eigenvalue weighted by Gasteiger charge is 2.35. The van der Waals surface area contributed by atoms with Crippen LogP contribution in [-0.4, -0.2) is 53.8 Å². The standard InChI is InChI=1S/C18H24N4O5S/c1-22-10-18(19-12-22)28(25,26)21-15-8-7-14(27-16(15)11-23)9-17(24)20-13-5-3-2-4-6-13/h2-6,10,12,14-16,21,23H,7-9,11H2,1H3,(H,20,24)/t14-,15+,16+/m0/s1. The SMILES string of the molecule is Cn1cnc(S(=O)(=O)N[C@@H]2CC[C@@H](CC(=O)Nc3ccccc3)O[C@@H]2CO)c1. The topological polar surface area (TPSA) is 123 Å². The number of anilines is 1. The van der Waals surface area contributed by atoms with Gasteiger partial charge in [-0.3, -0.25) is 4.79 Å². The van der Waals surface area contributed by atoms with Gasteiger partial charge in [-0.05, 0) is 25.0 Å². The van der Waals surface area contributed by atoms with E-state index < -0.39 is 28.3 Å². The molecule has 9 nitrogen and oxygen atoms in total. The van der Waals surface area contributed by atoms with Crippen LogP contribution < -0.4 is 10.0 Å². The first-order valence-electron chi connectivity index (χ1n) is 8.99. The number of aliphatic hydroxyl groups excluding tert-OH is 1. The number of carbonyl (C=O) groups excluding carboxylic acids is 1. The van der Waals surface area contributed by atoms with E-state index in [0.29, 0.717) is 18.5 Å². The van der Waals surface area contributed by atoms with Crippen molar-refractivity contribution in [3.05, 3.63) is 42.9 Å². The Hall–Kier alpha value is -2.27. The summed E-state index contributed by atoms with van der Waals surface area (Å²) in [5.74, 6) is -0.194. The fourth-order valence-corrected chi connectivity index (χ4v) is 4.42. The maximum atomic E-state index is 12.4. The molecule has 0 radical (unpaired) electrons. The Morgan fingerprint density at radius 2 is 2.07 bits per heavy atom. The number of para-hydroxylation sites is 1. The van der Waals surface area contributed by atoms with E-state index >= 15 is 0 Å². The molecule has 3 N–H and O–H groups in total. The first-order valence-corrected chi connectivity index (χ1v) is 10.5. The molecule has 1 aromatic heterocycles. The van der Waals surface area contributed by atoms with Gasteiger partial charge in [0.05, 0.1) is 37.6 Å². The number of aryl methyl sites for hydroxylation is 1. The van der Waals surface area contributed by atoms with Gasteiger partial charge in [-0.15, -0.1) is 0 Å². The summed E-state index contributed by atoms with van der Waals surface area (Å²) in [5.41, 5.74) is 0.697. The summed E-state index contributed by atoms with van der Waals surface area (Å²) in [6.07, 6.45) is 2.74. The fourth-order valence-electron chi connectivity index (χ4n) is 3.14. The van der Waals surface area contributed by atoms with Crippen molar-refractivity contribution >= 4 is 21.6 Å². The number of aliphatic hydroxyl groups is 1. The van der Waals surface area contributed by atoms with E-state index in [1.54, 1.807) is 19.2 Å². The molecule has 0 aliphatic carbocycles. The summed E-state index contributed by atoms with van der Waals surface area (Å²) < 4.78 is 34.8. The van der Waals surface area contributed by atoms with Gasteiger partial charge in [0.2, 0.25) is 5.91 Å². The van der Waals surface area contributed by atoms with Gasteiger partial charge in [0.15, 0.2) is 5.03 Å². The van der Waals surface area contributed by atoms with Gasteiger partial charge in [-0.25, -0.2) is 18.1 Å². The second kappa shape index (κ2) is 8.82. The summed E-state index contributed by atoms with van der Waals surface area (Å²) in [7, 11) is -2.14. The lowest BCUT2D eigenvalue weighted by molar-refractivity contribution is -0.126. The second-order valence-electron chi connectivity index (χ2n) is 6.78. The third-order valence-electron chi connectivity index (χ3n) is 4.53. The van der Waals surface area contributed by atoms with E-state index in [9.17, 15) is 18.3 Å². The number of ether oxygens (including phenoxy) is 1. The normalized spacial score (nSPS) is 22.7. The minimum Gasteiger partial charge on any atom is -0.394 e. The van der Waals surface area contributed by atoms with Crippen molar-refractivity contribution in [3.63, 3.8) is 0 Å². The Morgan fingerprint density at radius 1 is 1.32 bits per heavy atom. The molecule has 10 heteroatoms. The van der Waals surface area contributed by atoms with Crippen molar-refractivity contribution in [1.29, 1.82) is 0 Å². The van der Waals surface area contributed by atoms with Crippen LogP contribution in [0.15, 0.2) is 47.9 Å². The number of benzene rings is 1. The maximum absolute atomic E-state index is 12.4. The molecule has 3 rings (SSSR count). The first kappa shape index (κ1) is 20.5. The third-order valence-corrected chi connectivity index (χ3v) is 5.90.